The summed E-state index contributed by atoms with van der Waals surface area (Å²) >= 11 is 0. The summed E-state index contributed by atoms with van der Waals surface area (Å²) < 4.78 is 0. The zero-order valence-corrected chi connectivity index (χ0v) is 35.9. The van der Waals surface area contributed by atoms with Gasteiger partial charge in [-0.2, -0.15) is 4.98 Å². The molecule has 3 aliphatic heterocycles. The van der Waals surface area contributed by atoms with Crippen LogP contribution in [0.2, 0.25) is 0 Å². The molecule has 2 saturated heterocycles. The average Bonchev–Trinajstić information content (AvgIpc) is 3.85. The fourth-order valence-electron chi connectivity index (χ4n) is 9.30. The van der Waals surface area contributed by atoms with E-state index < -0.39 is 17.9 Å². The number of carbonyl (C=O) groups is 5. The molecule has 4 amide bonds. The highest BCUT2D eigenvalue weighted by Crippen LogP contribution is 2.36. The number of aryl methyl sites for hydroxylation is 1. The number of aldehydes is 1. The number of nitrogens with zero attached hydrogens (tertiary/aromatic N) is 7. The summed E-state index contributed by atoms with van der Waals surface area (Å²) in [6, 6.07) is 17.0. The van der Waals surface area contributed by atoms with Gasteiger partial charge in [-0.3, -0.25) is 29.0 Å². The smallest absolute Gasteiger partial charge is 0.264 e. The highest BCUT2D eigenvalue weighted by Gasteiger charge is 2.42. The fourth-order valence-corrected chi connectivity index (χ4v) is 9.30. The predicted octanol–water partition coefficient (Wildman–Crippen LogP) is 5.20. The van der Waals surface area contributed by atoms with E-state index in [1.54, 1.807) is 18.2 Å². The van der Waals surface area contributed by atoms with Gasteiger partial charge in [-0.1, -0.05) is 25.1 Å². The number of hydrogen-bond acceptors (Lipinski definition) is 13. The highest BCUT2D eigenvalue weighted by molar-refractivity contribution is 6.24. The molecular formula is C47H55N11O5. The highest BCUT2D eigenvalue weighted by atomic mass is 16.2. The zero-order chi connectivity index (χ0) is 44.0. The van der Waals surface area contributed by atoms with Crippen molar-refractivity contribution in [3.63, 3.8) is 0 Å². The van der Waals surface area contributed by atoms with Crippen molar-refractivity contribution in [1.29, 1.82) is 0 Å². The molecule has 4 aliphatic rings. The summed E-state index contributed by atoms with van der Waals surface area (Å²) in [6.07, 6.45) is 9.01. The van der Waals surface area contributed by atoms with Crippen molar-refractivity contribution in [2.45, 2.75) is 69.9 Å². The number of carbonyl (C=O) groups excluding carboxylic acids is 5. The molecule has 0 spiro atoms. The van der Waals surface area contributed by atoms with Gasteiger partial charge in [0.25, 0.3) is 17.7 Å². The van der Waals surface area contributed by atoms with Gasteiger partial charge >= 0.3 is 0 Å². The van der Waals surface area contributed by atoms with Crippen molar-refractivity contribution in [2.24, 2.45) is 0 Å². The van der Waals surface area contributed by atoms with Crippen LogP contribution in [0.4, 0.5) is 34.6 Å². The number of hydrogen-bond donors (Lipinski definition) is 4. The Balaban J connectivity index is 0.858. The molecule has 2 atom stereocenters. The summed E-state index contributed by atoms with van der Waals surface area (Å²) in [5.41, 5.74) is 5.98. The van der Waals surface area contributed by atoms with E-state index in [0.29, 0.717) is 77.8 Å². The SMILES string of the molecule is C=CCNC(=O)c1cnc(Nc2ccc(N3CCC(N4CCN(c5cccc6c5C(=O)N(C(C=O)CCC(=O)NC)C6=O)CC4)CC3)cc2)nc1Nc1ccc2c(n1)C(CC)CC2. The molecular weight excluding hydrogens is 799 g/mol. The maximum Gasteiger partial charge on any atom is 0.264 e. The molecule has 2 aromatic heterocycles. The van der Waals surface area contributed by atoms with E-state index in [4.69, 9.17) is 9.97 Å². The van der Waals surface area contributed by atoms with Crippen molar-refractivity contribution in [1.82, 2.24) is 35.4 Å². The summed E-state index contributed by atoms with van der Waals surface area (Å²) in [5.74, 6) is 0.214. The van der Waals surface area contributed by atoms with Crippen LogP contribution < -0.4 is 31.1 Å². The van der Waals surface area contributed by atoms with Crippen LogP contribution in [0, 0.1) is 0 Å². The Kier molecular flexibility index (Phi) is 13.1. The predicted molar refractivity (Wildman–Crippen MR) is 242 cm³/mol. The van der Waals surface area contributed by atoms with Crippen LogP contribution in [0.15, 0.2) is 73.4 Å². The molecule has 0 bridgehead atoms. The molecule has 0 radical (unpaired) electrons. The van der Waals surface area contributed by atoms with Gasteiger partial charge in [-0.15, -0.1) is 6.58 Å². The van der Waals surface area contributed by atoms with E-state index in [0.717, 1.165) is 80.3 Å². The molecule has 2 fully saturated rings. The molecule has 1 aliphatic carbocycles. The first-order valence-corrected chi connectivity index (χ1v) is 22.0. The second kappa shape index (κ2) is 19.2. The van der Waals surface area contributed by atoms with Gasteiger partial charge in [0, 0.05) is 94.5 Å². The fraction of sp³-hybridized carbons (Fsp3) is 0.404. The van der Waals surface area contributed by atoms with E-state index in [9.17, 15) is 24.0 Å². The minimum atomic E-state index is -1.01. The maximum atomic E-state index is 13.7. The lowest BCUT2D eigenvalue weighted by Gasteiger charge is -2.44. The second-order valence-corrected chi connectivity index (χ2v) is 16.5. The average molecular weight is 854 g/mol. The first-order chi connectivity index (χ1) is 30.7. The monoisotopic (exact) mass is 853 g/mol. The van der Waals surface area contributed by atoms with Crippen LogP contribution in [0.1, 0.15) is 93.7 Å². The van der Waals surface area contributed by atoms with E-state index in [1.807, 2.05) is 24.3 Å². The lowest BCUT2D eigenvalue weighted by atomic mass is 10.0. The van der Waals surface area contributed by atoms with Gasteiger partial charge in [0.15, 0.2) is 0 Å². The Morgan fingerprint density at radius 2 is 1.68 bits per heavy atom. The van der Waals surface area contributed by atoms with Crippen LogP contribution in [0.5, 0.6) is 0 Å². The molecule has 16 nitrogen and oxygen atoms in total. The molecule has 0 saturated carbocycles. The maximum absolute atomic E-state index is 13.7. The Hall–Kier alpha value is -6.68. The van der Waals surface area contributed by atoms with Crippen molar-refractivity contribution >= 4 is 64.6 Å². The summed E-state index contributed by atoms with van der Waals surface area (Å²) in [4.78, 5) is 86.3. The zero-order valence-electron chi connectivity index (χ0n) is 35.9. The summed E-state index contributed by atoms with van der Waals surface area (Å²) in [7, 11) is 1.51. The molecule has 4 aromatic rings. The Bertz CT molecular complexity index is 2370. The number of nitrogens with one attached hydrogen (secondary N) is 4. The van der Waals surface area contributed by atoms with Gasteiger partial charge in [-0.25, -0.2) is 9.97 Å². The minimum Gasteiger partial charge on any atom is -0.371 e. The number of aromatic nitrogens is 3. The van der Waals surface area contributed by atoms with Crippen LogP contribution in [0.25, 0.3) is 0 Å². The van der Waals surface area contributed by atoms with Crippen molar-refractivity contribution in [3.05, 3.63) is 101 Å². The largest absolute Gasteiger partial charge is 0.371 e. The van der Waals surface area contributed by atoms with E-state index >= 15 is 0 Å². The lowest BCUT2D eigenvalue weighted by molar-refractivity contribution is -0.121. The van der Waals surface area contributed by atoms with Gasteiger partial charge in [0.1, 0.15) is 23.5 Å². The van der Waals surface area contributed by atoms with E-state index in [1.165, 1.54) is 18.8 Å². The Morgan fingerprint density at radius 1 is 0.905 bits per heavy atom. The number of benzene rings is 2. The molecule has 16 heteroatoms. The number of anilines is 6. The van der Waals surface area contributed by atoms with Crippen molar-refractivity contribution in [2.75, 3.05) is 73.3 Å². The molecule has 5 heterocycles. The van der Waals surface area contributed by atoms with Crippen LogP contribution in [-0.2, 0) is 16.0 Å². The molecule has 8 rings (SSSR count). The van der Waals surface area contributed by atoms with Gasteiger partial charge in [-0.05, 0) is 86.6 Å². The minimum absolute atomic E-state index is 0.0335. The first-order valence-electron chi connectivity index (χ1n) is 22.0. The van der Waals surface area contributed by atoms with E-state index in [-0.39, 0.29) is 24.7 Å². The third-order valence-electron chi connectivity index (χ3n) is 12.8. The van der Waals surface area contributed by atoms with Crippen LogP contribution in [-0.4, -0.2) is 120 Å². The normalized spacial score (nSPS) is 18.1. The standard InChI is InChI=1S/C47H55N11O5/c1-4-21-49-44(61)37-28-50-47(54-43(37)53-39-17-11-31-10-9-30(5-2)42(31)52-39)51-32-12-14-33(15-13-32)55-22-19-34(20-23-55)56-24-26-57(27-25-56)38-8-6-7-36-41(38)46(63)58(45(36)62)35(29-59)16-18-40(60)48-3/h4,6-8,11-15,17,28-30,34-35H,1,5,9-10,16,18-27H2,2-3H3,(H,48,60)(H,49,61)(H2,50,51,52,53,54). The van der Waals surface area contributed by atoms with Crippen molar-refractivity contribution in [3.8, 4) is 0 Å². The molecule has 2 unspecified atom stereocenters. The van der Waals surface area contributed by atoms with Crippen molar-refractivity contribution < 1.29 is 24.0 Å². The number of piperazine rings is 1. The van der Waals surface area contributed by atoms with Crippen LogP contribution >= 0.6 is 0 Å². The number of amides is 4. The molecule has 2 aromatic carbocycles. The summed E-state index contributed by atoms with van der Waals surface area (Å²) in [5, 5.41) is 11.9. The lowest BCUT2D eigenvalue weighted by Crippen LogP contribution is -2.53. The number of piperidine rings is 1. The Morgan fingerprint density at radius 3 is 2.40 bits per heavy atom. The molecule has 328 valence electrons. The molecule has 4 N–H and O–H groups in total. The topological polar surface area (TPSA) is 185 Å². The quantitative estimate of drug-likeness (QED) is 0.0657. The van der Waals surface area contributed by atoms with Gasteiger partial charge < -0.3 is 35.9 Å². The summed E-state index contributed by atoms with van der Waals surface area (Å²) in [6.45, 7) is 11.1. The Labute approximate surface area is 367 Å². The van der Waals surface area contributed by atoms with Crippen LogP contribution in [0.3, 0.4) is 0 Å². The van der Waals surface area contributed by atoms with Gasteiger partial charge in [0.05, 0.1) is 22.9 Å². The number of imide groups is 1. The molecule has 63 heavy (non-hydrogen) atoms. The third kappa shape index (κ3) is 9.12. The van der Waals surface area contributed by atoms with Gasteiger partial charge in [0.2, 0.25) is 11.9 Å². The number of pyridine rings is 1. The van der Waals surface area contributed by atoms with E-state index in [2.05, 4.69) is 72.7 Å². The second-order valence-electron chi connectivity index (χ2n) is 16.5. The third-order valence-corrected chi connectivity index (χ3v) is 12.8. The first kappa shape index (κ1) is 43.0. The number of rotatable bonds is 16. The number of fused-ring (bicyclic) bond motifs is 2.